The minimum absolute atomic E-state index is 0.0336. The molecule has 0 saturated carbocycles. The van der Waals surface area contributed by atoms with E-state index in [9.17, 15) is 19.0 Å². The molecule has 0 bridgehead atoms. The van der Waals surface area contributed by atoms with E-state index in [-0.39, 0.29) is 17.7 Å². The molecule has 0 aliphatic heterocycles. The second kappa shape index (κ2) is 7.77. The highest BCUT2D eigenvalue weighted by Gasteiger charge is 2.22. The normalized spacial score (nSPS) is 12.9. The van der Waals surface area contributed by atoms with Crippen molar-refractivity contribution >= 4 is 19.5 Å². The molecule has 0 aromatic heterocycles. The Morgan fingerprint density at radius 2 is 1.67 bits per heavy atom. The smallest absolute Gasteiger partial charge is 0.395 e. The minimum Gasteiger partial charge on any atom is -0.478 e. The maximum Gasteiger partial charge on any atom is 0.395 e. The molecule has 7 nitrogen and oxygen atoms in total. The number of benzene rings is 2. The van der Waals surface area contributed by atoms with Gasteiger partial charge in [0.15, 0.2) is 0 Å². The maximum atomic E-state index is 12.0. The van der Waals surface area contributed by atoms with Crippen LogP contribution in [0.2, 0.25) is 0 Å². The van der Waals surface area contributed by atoms with E-state index < -0.39 is 25.8 Å². The summed E-state index contributed by atoms with van der Waals surface area (Å²) in [6.45, 7) is 0. The van der Waals surface area contributed by atoms with Crippen LogP contribution in [0.25, 0.3) is 0 Å². The summed E-state index contributed by atoms with van der Waals surface area (Å²) < 4.78 is 16.9. The Morgan fingerprint density at radius 1 is 1.04 bits per heavy atom. The summed E-state index contributed by atoms with van der Waals surface area (Å²) in [6.07, 6.45) is -0.451. The number of aromatic carboxylic acids is 1. The van der Waals surface area contributed by atoms with Gasteiger partial charge in [-0.15, -0.1) is 0 Å². The zero-order valence-electron chi connectivity index (χ0n) is 12.6. The van der Waals surface area contributed by atoms with Gasteiger partial charge in [-0.2, -0.15) is 0 Å². The summed E-state index contributed by atoms with van der Waals surface area (Å²) >= 11 is 0. The lowest BCUT2D eigenvalue weighted by atomic mass is 10.1. The molecule has 2 rings (SSSR count). The first-order chi connectivity index (χ1) is 11.4. The van der Waals surface area contributed by atoms with E-state index in [0.29, 0.717) is 0 Å². The Morgan fingerprint density at radius 3 is 2.25 bits per heavy atom. The number of hydrogen-bond acceptors (Lipinski definition) is 4. The van der Waals surface area contributed by atoms with Gasteiger partial charge in [0, 0.05) is 0 Å². The van der Waals surface area contributed by atoms with Gasteiger partial charge in [0.05, 0.1) is 12.0 Å². The molecule has 0 saturated heterocycles. The number of carbonyl (C=O) groups excluding carboxylic acids is 1. The summed E-state index contributed by atoms with van der Waals surface area (Å²) in [7, 11) is -4.09. The first-order valence-corrected chi connectivity index (χ1v) is 8.77. The number of nitrogens with one attached hydrogen (secondary N) is 1. The van der Waals surface area contributed by atoms with Gasteiger partial charge in [0.1, 0.15) is 12.0 Å². The summed E-state index contributed by atoms with van der Waals surface area (Å²) in [4.78, 5) is 32.3. The van der Waals surface area contributed by atoms with Gasteiger partial charge in [-0.25, -0.2) is 9.36 Å². The molecule has 0 spiro atoms. The lowest BCUT2D eigenvalue weighted by molar-refractivity contribution is -0.120. The topological polar surface area (TPSA) is 113 Å². The third-order valence-electron chi connectivity index (χ3n) is 3.03. The van der Waals surface area contributed by atoms with Gasteiger partial charge in [-0.05, 0) is 29.8 Å². The average Bonchev–Trinajstić information content (AvgIpc) is 2.54. The van der Waals surface area contributed by atoms with Crippen molar-refractivity contribution in [2.24, 2.45) is 0 Å². The van der Waals surface area contributed by atoms with Crippen molar-refractivity contribution in [3.8, 4) is 5.75 Å². The first-order valence-electron chi connectivity index (χ1n) is 7.01. The van der Waals surface area contributed by atoms with E-state index in [1.54, 1.807) is 24.3 Å². The summed E-state index contributed by atoms with van der Waals surface area (Å²) in [5.74, 6) is -1.47. The third kappa shape index (κ3) is 5.53. The Hall–Kier alpha value is -2.63. The van der Waals surface area contributed by atoms with Gasteiger partial charge < -0.3 is 19.8 Å². The van der Waals surface area contributed by atoms with Crippen molar-refractivity contribution in [3.05, 3.63) is 65.7 Å². The Labute approximate surface area is 138 Å². The molecule has 24 heavy (non-hydrogen) atoms. The molecule has 3 N–H and O–H groups in total. The molecule has 1 atom stereocenters. The largest absolute Gasteiger partial charge is 0.478 e. The molecule has 0 aliphatic rings. The first kappa shape index (κ1) is 17.7. The van der Waals surface area contributed by atoms with Crippen LogP contribution in [0.3, 0.4) is 0 Å². The van der Waals surface area contributed by atoms with Gasteiger partial charge in [-0.1, -0.05) is 30.3 Å². The van der Waals surface area contributed by atoms with Gasteiger partial charge in [0.25, 0.3) is 0 Å². The second-order valence-electron chi connectivity index (χ2n) is 4.98. The highest BCUT2D eigenvalue weighted by molar-refractivity contribution is 7.53. The molecule has 1 amide bonds. The predicted molar refractivity (Wildman–Crippen MR) is 87.0 cm³/mol. The highest BCUT2D eigenvalue weighted by atomic mass is 31.2. The molecule has 0 radical (unpaired) electrons. The number of carbonyl (C=O) groups is 2. The lowest BCUT2D eigenvalue weighted by Crippen LogP contribution is -2.27. The van der Waals surface area contributed by atoms with Crippen LogP contribution in [-0.2, 0) is 15.8 Å². The van der Waals surface area contributed by atoms with Crippen LogP contribution in [-0.4, -0.2) is 28.2 Å². The average molecular weight is 349 g/mol. The van der Waals surface area contributed by atoms with Crippen molar-refractivity contribution < 1.29 is 28.7 Å². The molecule has 8 heteroatoms. The Kier molecular flexibility index (Phi) is 5.73. The fraction of sp³-hybridized carbons (Fsp3) is 0.125. The SMILES string of the molecule is O=C(Cc1ccccc1)NCP(=O)(O)Oc1ccc(C(=O)O)cc1. The summed E-state index contributed by atoms with van der Waals surface area (Å²) in [6, 6.07) is 14.0. The van der Waals surface area contributed by atoms with Crippen LogP contribution in [0.4, 0.5) is 0 Å². The summed E-state index contributed by atoms with van der Waals surface area (Å²) in [5.41, 5.74) is 0.819. The molecular weight excluding hydrogens is 333 g/mol. The zero-order chi connectivity index (χ0) is 17.6. The summed E-state index contributed by atoms with van der Waals surface area (Å²) in [5, 5.41) is 11.1. The van der Waals surface area contributed by atoms with Crippen molar-refractivity contribution in [1.82, 2.24) is 5.32 Å². The van der Waals surface area contributed by atoms with Gasteiger partial charge in [0.2, 0.25) is 5.91 Å². The van der Waals surface area contributed by atoms with E-state index in [0.717, 1.165) is 5.56 Å². The Balaban J connectivity index is 1.87. The molecule has 0 aliphatic carbocycles. The van der Waals surface area contributed by atoms with Crippen molar-refractivity contribution in [3.63, 3.8) is 0 Å². The van der Waals surface area contributed by atoms with Gasteiger partial charge in [-0.3, -0.25) is 4.79 Å². The van der Waals surface area contributed by atoms with Crippen molar-refractivity contribution in [2.75, 3.05) is 6.29 Å². The highest BCUT2D eigenvalue weighted by Crippen LogP contribution is 2.41. The molecule has 0 fully saturated rings. The van der Waals surface area contributed by atoms with Crippen LogP contribution in [0.5, 0.6) is 5.75 Å². The lowest BCUT2D eigenvalue weighted by Gasteiger charge is -2.14. The van der Waals surface area contributed by atoms with E-state index >= 15 is 0 Å². The number of amides is 1. The predicted octanol–water partition coefficient (Wildman–Crippen LogP) is 2.27. The van der Waals surface area contributed by atoms with E-state index in [4.69, 9.17) is 9.63 Å². The molecule has 0 heterocycles. The van der Waals surface area contributed by atoms with Crippen molar-refractivity contribution in [2.45, 2.75) is 6.42 Å². The maximum absolute atomic E-state index is 12.0. The molecular formula is C16H16NO6P. The van der Waals surface area contributed by atoms with Crippen LogP contribution in [0.1, 0.15) is 15.9 Å². The monoisotopic (exact) mass is 349 g/mol. The second-order valence-corrected chi connectivity index (χ2v) is 6.75. The quantitative estimate of drug-likeness (QED) is 0.661. The zero-order valence-corrected chi connectivity index (χ0v) is 13.5. The van der Waals surface area contributed by atoms with Crippen LogP contribution < -0.4 is 9.84 Å². The standard InChI is InChI=1S/C16H16NO6P/c18-15(10-12-4-2-1-3-5-12)17-11-24(21,22)23-14-8-6-13(7-9-14)16(19)20/h1-9H,10-11H2,(H,17,18)(H,19,20)(H,21,22). The Bertz CT molecular complexity index is 760. The molecule has 126 valence electrons. The fourth-order valence-electron chi connectivity index (χ4n) is 1.89. The van der Waals surface area contributed by atoms with Crippen LogP contribution in [0.15, 0.2) is 54.6 Å². The van der Waals surface area contributed by atoms with Crippen LogP contribution in [0, 0.1) is 0 Å². The minimum atomic E-state index is -4.09. The van der Waals surface area contributed by atoms with E-state index in [1.807, 2.05) is 6.07 Å². The van der Waals surface area contributed by atoms with E-state index in [1.165, 1.54) is 24.3 Å². The number of carboxylic acids is 1. The van der Waals surface area contributed by atoms with Crippen LogP contribution >= 0.6 is 7.60 Å². The fourth-order valence-corrected chi connectivity index (χ4v) is 2.78. The molecule has 2 aromatic rings. The molecule has 1 unspecified atom stereocenters. The third-order valence-corrected chi connectivity index (χ3v) is 4.09. The van der Waals surface area contributed by atoms with Crippen molar-refractivity contribution in [1.29, 1.82) is 0 Å². The molecule has 2 aromatic carbocycles. The number of carboxylic acid groups (broad SMARTS) is 1. The van der Waals surface area contributed by atoms with Gasteiger partial charge >= 0.3 is 13.6 Å². The number of rotatable bonds is 7. The number of hydrogen-bond donors (Lipinski definition) is 3. The van der Waals surface area contributed by atoms with E-state index in [2.05, 4.69) is 5.32 Å².